The molecule has 7 nitrogen and oxygen atoms in total. The number of carboxylic acids is 1. The smallest absolute Gasteiger partial charge is 0.305 e. The van der Waals surface area contributed by atoms with Crippen molar-refractivity contribution in [3.05, 3.63) is 11.5 Å². The van der Waals surface area contributed by atoms with E-state index in [0.717, 1.165) is 0 Å². The van der Waals surface area contributed by atoms with Crippen LogP contribution in [0.5, 0.6) is 0 Å². The van der Waals surface area contributed by atoms with Gasteiger partial charge in [0.1, 0.15) is 10.6 Å². The summed E-state index contributed by atoms with van der Waals surface area (Å²) in [6.45, 7) is 5.99. The van der Waals surface area contributed by atoms with Gasteiger partial charge in [-0.1, -0.05) is 5.16 Å². The molecule has 102 valence electrons. The average Bonchev–Trinajstić information content (AvgIpc) is 2.41. The van der Waals surface area contributed by atoms with E-state index in [1.54, 1.807) is 0 Å². The lowest BCUT2D eigenvalue weighted by Crippen LogP contribution is -2.45. The second-order valence-electron chi connectivity index (χ2n) is 4.71. The van der Waals surface area contributed by atoms with Gasteiger partial charge in [0, 0.05) is 5.54 Å². The molecular weight excluding hydrogens is 260 g/mol. The summed E-state index contributed by atoms with van der Waals surface area (Å²) >= 11 is 0. The molecular formula is C10H16N2O5S. The van der Waals surface area contributed by atoms with Crippen molar-refractivity contribution >= 4 is 16.0 Å². The fraction of sp³-hybridized carbons (Fsp3) is 0.600. The summed E-state index contributed by atoms with van der Waals surface area (Å²) in [5.41, 5.74) is -0.855. The molecule has 0 aromatic carbocycles. The second kappa shape index (κ2) is 4.69. The molecule has 0 bridgehead atoms. The SMILES string of the molecule is Cc1noc(C)c1S(=O)(=O)NC(C)(C)CC(=O)O. The topological polar surface area (TPSA) is 110 Å². The number of hydrogen-bond donors (Lipinski definition) is 2. The zero-order chi connectivity index (χ0) is 14.1. The van der Waals surface area contributed by atoms with Crippen LogP contribution in [0, 0.1) is 13.8 Å². The average molecular weight is 276 g/mol. The minimum Gasteiger partial charge on any atom is -0.481 e. The molecule has 0 amide bonds. The molecule has 1 rings (SSSR count). The third-order valence-corrected chi connectivity index (χ3v) is 4.18. The van der Waals surface area contributed by atoms with Crippen LogP contribution in [0.3, 0.4) is 0 Å². The van der Waals surface area contributed by atoms with E-state index in [1.807, 2.05) is 0 Å². The van der Waals surface area contributed by atoms with Crippen LogP contribution >= 0.6 is 0 Å². The Labute approximate surface area is 105 Å². The maximum Gasteiger partial charge on any atom is 0.305 e. The van der Waals surface area contributed by atoms with Crippen molar-refractivity contribution in [2.45, 2.75) is 44.6 Å². The lowest BCUT2D eigenvalue weighted by atomic mass is 10.0. The molecule has 0 fully saturated rings. The quantitative estimate of drug-likeness (QED) is 0.824. The molecule has 0 aliphatic rings. The number of aryl methyl sites for hydroxylation is 2. The number of sulfonamides is 1. The molecule has 2 N–H and O–H groups in total. The third-order valence-electron chi connectivity index (χ3n) is 2.24. The molecule has 0 atom stereocenters. The maximum absolute atomic E-state index is 12.1. The lowest BCUT2D eigenvalue weighted by Gasteiger charge is -2.23. The van der Waals surface area contributed by atoms with Gasteiger partial charge in [-0.2, -0.15) is 0 Å². The number of aliphatic carboxylic acids is 1. The second-order valence-corrected chi connectivity index (χ2v) is 6.33. The van der Waals surface area contributed by atoms with Crippen LogP contribution < -0.4 is 4.72 Å². The zero-order valence-electron chi connectivity index (χ0n) is 10.6. The fourth-order valence-corrected chi connectivity index (χ4v) is 3.43. The monoisotopic (exact) mass is 276 g/mol. The first kappa shape index (κ1) is 14.7. The van der Waals surface area contributed by atoms with Gasteiger partial charge in [-0.05, 0) is 27.7 Å². The Morgan fingerprint density at radius 3 is 2.39 bits per heavy atom. The highest BCUT2D eigenvalue weighted by Gasteiger charge is 2.32. The molecule has 0 aliphatic heterocycles. The van der Waals surface area contributed by atoms with Crippen molar-refractivity contribution in [3.8, 4) is 0 Å². The lowest BCUT2D eigenvalue weighted by molar-refractivity contribution is -0.138. The first-order chi connectivity index (χ1) is 8.05. The Balaban J connectivity index is 3.07. The predicted molar refractivity (Wildman–Crippen MR) is 62.6 cm³/mol. The number of nitrogens with one attached hydrogen (secondary N) is 1. The van der Waals surface area contributed by atoms with E-state index in [2.05, 4.69) is 9.88 Å². The van der Waals surface area contributed by atoms with Gasteiger partial charge in [-0.25, -0.2) is 13.1 Å². The summed E-state index contributed by atoms with van der Waals surface area (Å²) in [4.78, 5) is 10.6. The highest BCUT2D eigenvalue weighted by molar-refractivity contribution is 7.89. The van der Waals surface area contributed by atoms with E-state index in [9.17, 15) is 13.2 Å². The van der Waals surface area contributed by atoms with Crippen molar-refractivity contribution in [3.63, 3.8) is 0 Å². The normalized spacial score (nSPS) is 12.7. The van der Waals surface area contributed by atoms with Gasteiger partial charge in [0.25, 0.3) is 0 Å². The highest BCUT2D eigenvalue weighted by Crippen LogP contribution is 2.21. The molecule has 0 radical (unpaired) electrons. The van der Waals surface area contributed by atoms with E-state index in [1.165, 1.54) is 27.7 Å². The van der Waals surface area contributed by atoms with E-state index >= 15 is 0 Å². The van der Waals surface area contributed by atoms with Gasteiger partial charge < -0.3 is 9.63 Å². The van der Waals surface area contributed by atoms with Gasteiger partial charge >= 0.3 is 5.97 Å². The predicted octanol–water partition coefficient (Wildman–Crippen LogP) is 0.823. The number of hydrogen-bond acceptors (Lipinski definition) is 5. The fourth-order valence-electron chi connectivity index (χ4n) is 1.69. The summed E-state index contributed by atoms with van der Waals surface area (Å²) in [7, 11) is -3.85. The summed E-state index contributed by atoms with van der Waals surface area (Å²) in [5, 5.41) is 12.3. The number of nitrogens with zero attached hydrogens (tertiary/aromatic N) is 1. The third kappa shape index (κ3) is 3.30. The summed E-state index contributed by atoms with van der Waals surface area (Å²) < 4.78 is 31.4. The summed E-state index contributed by atoms with van der Waals surface area (Å²) in [6.07, 6.45) is -0.324. The van der Waals surface area contributed by atoms with Crippen LogP contribution in [-0.4, -0.2) is 30.2 Å². The number of rotatable bonds is 5. The van der Waals surface area contributed by atoms with Gasteiger partial charge in [-0.3, -0.25) is 4.79 Å². The molecule has 0 unspecified atom stereocenters. The van der Waals surface area contributed by atoms with Crippen LogP contribution in [0.25, 0.3) is 0 Å². The molecule has 18 heavy (non-hydrogen) atoms. The Morgan fingerprint density at radius 1 is 1.44 bits per heavy atom. The van der Waals surface area contributed by atoms with Crippen molar-refractivity contribution in [2.75, 3.05) is 0 Å². The van der Waals surface area contributed by atoms with Crippen LogP contribution in [0.1, 0.15) is 31.7 Å². The van der Waals surface area contributed by atoms with Crippen LogP contribution in [0.4, 0.5) is 0 Å². The van der Waals surface area contributed by atoms with Gasteiger partial charge in [0.2, 0.25) is 10.0 Å². The number of carbonyl (C=O) groups is 1. The number of aromatic nitrogens is 1. The maximum atomic E-state index is 12.1. The van der Waals surface area contributed by atoms with E-state index < -0.39 is 21.5 Å². The molecule has 0 aliphatic carbocycles. The van der Waals surface area contributed by atoms with Crippen molar-refractivity contribution in [1.82, 2.24) is 9.88 Å². The van der Waals surface area contributed by atoms with E-state index in [-0.39, 0.29) is 22.8 Å². The molecule has 1 heterocycles. The molecule has 0 spiro atoms. The van der Waals surface area contributed by atoms with E-state index in [4.69, 9.17) is 9.63 Å². The van der Waals surface area contributed by atoms with E-state index in [0.29, 0.717) is 0 Å². The van der Waals surface area contributed by atoms with Crippen LogP contribution in [0.2, 0.25) is 0 Å². The molecule has 1 aromatic heterocycles. The molecule has 0 saturated carbocycles. The standard InChI is InChI=1S/C10H16N2O5S/c1-6-9(7(2)17-11-6)18(15,16)12-10(3,4)5-8(13)14/h12H,5H2,1-4H3,(H,13,14). The summed E-state index contributed by atoms with van der Waals surface area (Å²) in [5.74, 6) is -0.910. The van der Waals surface area contributed by atoms with Crippen molar-refractivity contribution in [1.29, 1.82) is 0 Å². The Bertz CT molecular complexity index is 539. The Morgan fingerprint density at radius 2 is 2.00 bits per heavy atom. The van der Waals surface area contributed by atoms with Crippen LogP contribution in [0.15, 0.2) is 9.42 Å². The van der Waals surface area contributed by atoms with Crippen molar-refractivity contribution in [2.24, 2.45) is 0 Å². The zero-order valence-corrected chi connectivity index (χ0v) is 11.5. The largest absolute Gasteiger partial charge is 0.481 e. The minimum absolute atomic E-state index is 0.0408. The van der Waals surface area contributed by atoms with Crippen molar-refractivity contribution < 1.29 is 22.8 Å². The highest BCUT2D eigenvalue weighted by atomic mass is 32.2. The number of carboxylic acid groups (broad SMARTS) is 1. The molecule has 0 saturated heterocycles. The Kier molecular flexibility index (Phi) is 3.82. The van der Waals surface area contributed by atoms with Crippen LogP contribution in [-0.2, 0) is 14.8 Å². The molecule has 1 aromatic rings. The van der Waals surface area contributed by atoms with Gasteiger partial charge in [0.15, 0.2) is 5.76 Å². The Hall–Kier alpha value is -1.41. The first-order valence-corrected chi connectivity index (χ1v) is 6.72. The van der Waals surface area contributed by atoms with Gasteiger partial charge in [0.05, 0.1) is 6.42 Å². The summed E-state index contributed by atoms with van der Waals surface area (Å²) in [6, 6.07) is 0. The van der Waals surface area contributed by atoms with Gasteiger partial charge in [-0.15, -0.1) is 0 Å². The molecule has 8 heteroatoms. The minimum atomic E-state index is -3.85. The first-order valence-electron chi connectivity index (χ1n) is 5.24.